The van der Waals surface area contributed by atoms with Gasteiger partial charge in [0.05, 0.1) is 26.4 Å². The van der Waals surface area contributed by atoms with Crippen LogP contribution >= 0.6 is 0 Å². The first-order valence-electron chi connectivity index (χ1n) is 3.08. The van der Waals surface area contributed by atoms with E-state index in [4.69, 9.17) is 9.47 Å². The molecule has 1 rings (SSSR count). The van der Waals surface area contributed by atoms with Crippen LogP contribution in [0.3, 0.4) is 0 Å². The quantitative estimate of drug-likeness (QED) is 0.597. The first-order valence-corrected chi connectivity index (χ1v) is 9.73. The SMILES string of the molecule is C1COCCO1.[F][W]([F])([F])([F])([F])[F]. The Morgan fingerprint density at radius 2 is 0.769 bits per heavy atom. The van der Waals surface area contributed by atoms with Crippen LogP contribution in [0, 0.1) is 0 Å². The summed E-state index contributed by atoms with van der Waals surface area (Å²) in [6.45, 7) is 3.11. The van der Waals surface area contributed by atoms with Gasteiger partial charge in [0, 0.05) is 0 Å². The Labute approximate surface area is 72.2 Å². The summed E-state index contributed by atoms with van der Waals surface area (Å²) < 4.78 is 69.5. The Morgan fingerprint density at radius 1 is 0.615 bits per heavy atom. The van der Waals surface area contributed by atoms with E-state index >= 15 is 0 Å². The minimum absolute atomic E-state index is 0.778. The van der Waals surface area contributed by atoms with Crippen molar-refractivity contribution in [2.45, 2.75) is 0 Å². The number of ether oxygens (including phenoxy) is 2. The molecule has 0 amide bonds. The van der Waals surface area contributed by atoms with Gasteiger partial charge in [-0.05, 0) is 0 Å². The molecular formula is C4H8F6O2W. The molecule has 0 aromatic heterocycles. The van der Waals surface area contributed by atoms with Crippen LogP contribution in [-0.2, 0) is 26.2 Å². The Hall–Kier alpha value is 0.188. The van der Waals surface area contributed by atoms with Crippen molar-refractivity contribution in [1.29, 1.82) is 0 Å². The van der Waals surface area contributed by atoms with Crippen LogP contribution in [0.5, 0.6) is 0 Å². The molecule has 1 fully saturated rings. The van der Waals surface area contributed by atoms with Crippen molar-refractivity contribution < 1.29 is 45.1 Å². The molecule has 2 nitrogen and oxygen atoms in total. The fourth-order valence-electron chi connectivity index (χ4n) is 0.440. The van der Waals surface area contributed by atoms with Crippen molar-refractivity contribution in [1.82, 2.24) is 0 Å². The molecule has 1 heterocycles. The molecule has 9 heteroatoms. The third-order valence-electron chi connectivity index (χ3n) is 0.744. The van der Waals surface area contributed by atoms with Gasteiger partial charge >= 0.3 is 35.7 Å². The molecule has 0 aromatic rings. The maximum absolute atomic E-state index is 11.3. The van der Waals surface area contributed by atoms with Gasteiger partial charge in [-0.15, -0.1) is 0 Å². The standard InChI is InChI=1S/C4H8O2.6FH.W/c1-2-6-4-3-5-1;;;;;;;/h1-4H2;6*1H;/q;;;;;;;+6/p-6. The van der Waals surface area contributed by atoms with Gasteiger partial charge in [-0.3, -0.25) is 0 Å². The van der Waals surface area contributed by atoms with E-state index in [0.29, 0.717) is 0 Å². The van der Waals surface area contributed by atoms with Gasteiger partial charge < -0.3 is 9.47 Å². The second-order valence-corrected chi connectivity index (χ2v) is 8.39. The van der Waals surface area contributed by atoms with E-state index < -0.39 is 16.7 Å². The molecule has 0 saturated carbocycles. The minimum atomic E-state index is -11.3. The predicted octanol–water partition coefficient (Wildman–Crippen LogP) is 2.55. The van der Waals surface area contributed by atoms with E-state index in [0.717, 1.165) is 26.4 Å². The predicted molar refractivity (Wildman–Crippen MR) is 28.3 cm³/mol. The zero-order chi connectivity index (χ0) is 10.7. The van der Waals surface area contributed by atoms with Crippen LogP contribution in [0.25, 0.3) is 0 Å². The zero-order valence-electron chi connectivity index (χ0n) is 6.32. The van der Waals surface area contributed by atoms with Crippen LogP contribution in [-0.4, -0.2) is 26.4 Å². The van der Waals surface area contributed by atoms with Crippen molar-refractivity contribution in [2.24, 2.45) is 0 Å². The summed E-state index contributed by atoms with van der Waals surface area (Å²) in [5.74, 6) is 0. The molecule has 0 unspecified atom stereocenters. The van der Waals surface area contributed by atoms with Gasteiger partial charge in [-0.2, -0.15) is 0 Å². The number of hydrogen-bond donors (Lipinski definition) is 0. The second kappa shape index (κ2) is 3.40. The molecule has 0 aliphatic carbocycles. The second-order valence-electron chi connectivity index (χ2n) is 2.10. The van der Waals surface area contributed by atoms with Gasteiger partial charge in [0.2, 0.25) is 0 Å². The van der Waals surface area contributed by atoms with Crippen molar-refractivity contribution in [3.8, 4) is 0 Å². The molecule has 0 radical (unpaired) electrons. The molecule has 0 atom stereocenters. The Balaban J connectivity index is 0.000000223. The average molecular weight is 386 g/mol. The fraction of sp³-hybridized carbons (Fsp3) is 1.00. The Kier molecular flexibility index (Phi) is 3.45. The maximum atomic E-state index is 9.93. The van der Waals surface area contributed by atoms with Gasteiger partial charge in [-0.1, -0.05) is 0 Å². The monoisotopic (exact) mass is 386 g/mol. The van der Waals surface area contributed by atoms with Crippen LogP contribution in [0.4, 0.5) is 18.9 Å². The zero-order valence-corrected chi connectivity index (χ0v) is 9.25. The third kappa shape index (κ3) is 33.0. The van der Waals surface area contributed by atoms with Crippen molar-refractivity contribution in [3.05, 3.63) is 0 Å². The molecule has 0 aromatic carbocycles. The van der Waals surface area contributed by atoms with Gasteiger partial charge in [0.15, 0.2) is 0 Å². The van der Waals surface area contributed by atoms with E-state index in [1.54, 1.807) is 0 Å². The number of hydrogen-bond acceptors (Lipinski definition) is 2. The van der Waals surface area contributed by atoms with Crippen molar-refractivity contribution >= 4 is 0 Å². The van der Waals surface area contributed by atoms with Gasteiger partial charge in [0.25, 0.3) is 0 Å². The first kappa shape index (κ1) is 13.2. The summed E-state index contributed by atoms with van der Waals surface area (Å²) in [6, 6.07) is 0. The summed E-state index contributed by atoms with van der Waals surface area (Å²) in [6.07, 6.45) is 0. The summed E-state index contributed by atoms with van der Waals surface area (Å²) in [7, 11) is 0. The average Bonchev–Trinajstić information content (AvgIpc) is 1.84. The van der Waals surface area contributed by atoms with Crippen molar-refractivity contribution in [2.75, 3.05) is 26.4 Å². The molecule has 0 N–H and O–H groups in total. The summed E-state index contributed by atoms with van der Waals surface area (Å²) in [4.78, 5) is 0. The summed E-state index contributed by atoms with van der Waals surface area (Å²) in [5.41, 5.74) is 0. The fourth-order valence-corrected chi connectivity index (χ4v) is 0.440. The molecule has 84 valence electrons. The topological polar surface area (TPSA) is 18.5 Å². The van der Waals surface area contributed by atoms with E-state index in [9.17, 15) is 18.9 Å². The Morgan fingerprint density at radius 3 is 0.846 bits per heavy atom. The third-order valence-corrected chi connectivity index (χ3v) is 0.744. The van der Waals surface area contributed by atoms with Crippen LogP contribution in [0.15, 0.2) is 0 Å². The Bertz CT molecular complexity index is 133. The van der Waals surface area contributed by atoms with E-state index in [1.165, 1.54) is 0 Å². The molecule has 0 bridgehead atoms. The van der Waals surface area contributed by atoms with Gasteiger partial charge in [-0.25, -0.2) is 0 Å². The molecule has 1 aliphatic rings. The van der Waals surface area contributed by atoms with E-state index in [-0.39, 0.29) is 0 Å². The van der Waals surface area contributed by atoms with Crippen LogP contribution in [0.2, 0.25) is 0 Å². The first-order chi connectivity index (χ1) is 5.45. The van der Waals surface area contributed by atoms with E-state index in [2.05, 4.69) is 0 Å². The normalized spacial score (nSPS) is 23.5. The molecule has 1 aliphatic heterocycles. The summed E-state index contributed by atoms with van der Waals surface area (Å²) in [5, 5.41) is 0. The number of rotatable bonds is 0. The number of halogens is 6. The van der Waals surface area contributed by atoms with Crippen molar-refractivity contribution in [3.63, 3.8) is 0 Å². The van der Waals surface area contributed by atoms with E-state index in [1.807, 2.05) is 0 Å². The molecule has 0 spiro atoms. The summed E-state index contributed by atoms with van der Waals surface area (Å²) >= 11 is -11.3. The van der Waals surface area contributed by atoms with Crippen LogP contribution < -0.4 is 0 Å². The molecule has 13 heavy (non-hydrogen) atoms. The molecular weight excluding hydrogens is 378 g/mol. The van der Waals surface area contributed by atoms with Gasteiger partial charge in [0.1, 0.15) is 0 Å². The molecule has 1 saturated heterocycles. The van der Waals surface area contributed by atoms with Crippen LogP contribution in [0.1, 0.15) is 0 Å².